The van der Waals surface area contributed by atoms with Gasteiger partial charge in [-0.1, -0.05) is 22.8 Å². The lowest BCUT2D eigenvalue weighted by Crippen LogP contribution is -2.28. The summed E-state index contributed by atoms with van der Waals surface area (Å²) in [5.74, 6) is 1.61. The summed E-state index contributed by atoms with van der Waals surface area (Å²) in [5, 5.41) is 4.54. The summed E-state index contributed by atoms with van der Waals surface area (Å²) in [4.78, 5) is 22.6. The number of aryl methyl sites for hydroxylation is 1. The van der Waals surface area contributed by atoms with Crippen molar-refractivity contribution < 1.29 is 13.7 Å². The van der Waals surface area contributed by atoms with Crippen LogP contribution < -0.4 is 5.56 Å². The second-order valence-corrected chi connectivity index (χ2v) is 8.21. The van der Waals surface area contributed by atoms with Crippen LogP contribution >= 0.6 is 11.6 Å². The number of furan rings is 1. The van der Waals surface area contributed by atoms with Gasteiger partial charge in [0.15, 0.2) is 5.76 Å². The minimum Gasteiger partial charge on any atom is -0.456 e. The smallest absolute Gasteiger partial charge is 0.293 e. The molecule has 0 aliphatic carbocycles. The van der Waals surface area contributed by atoms with Gasteiger partial charge in [-0.25, -0.2) is 4.98 Å². The zero-order valence-corrected chi connectivity index (χ0v) is 17.9. The van der Waals surface area contributed by atoms with E-state index < -0.39 is 0 Å². The zero-order valence-electron chi connectivity index (χ0n) is 17.1. The second-order valence-electron chi connectivity index (χ2n) is 7.80. The van der Waals surface area contributed by atoms with E-state index in [1.807, 2.05) is 25.1 Å². The average Bonchev–Trinajstić information content (AvgIpc) is 3.57. The largest absolute Gasteiger partial charge is 0.456 e. The molecular weight excluding hydrogens is 434 g/mol. The van der Waals surface area contributed by atoms with Gasteiger partial charge in [0.2, 0.25) is 5.82 Å². The van der Waals surface area contributed by atoms with E-state index in [2.05, 4.69) is 15.1 Å². The Balaban J connectivity index is 1.57. The lowest BCUT2D eigenvalue weighted by Gasteiger charge is -2.16. The summed E-state index contributed by atoms with van der Waals surface area (Å²) < 4.78 is 20.1. The van der Waals surface area contributed by atoms with Crippen LogP contribution in [0, 0.1) is 6.92 Å². The summed E-state index contributed by atoms with van der Waals surface area (Å²) in [6, 6.07) is 9.08. The summed E-state index contributed by atoms with van der Waals surface area (Å²) >= 11 is 6.53. The fourth-order valence-corrected chi connectivity index (χ4v) is 4.50. The topological polar surface area (TPSA) is 101 Å². The van der Waals surface area contributed by atoms with Gasteiger partial charge < -0.3 is 18.2 Å². The Hall–Kier alpha value is -3.43. The molecule has 1 atom stereocenters. The Kier molecular flexibility index (Phi) is 4.41. The van der Waals surface area contributed by atoms with Crippen LogP contribution in [-0.2, 0) is 11.3 Å². The summed E-state index contributed by atoms with van der Waals surface area (Å²) in [5.41, 5.74) is 1.84. The van der Waals surface area contributed by atoms with Crippen molar-refractivity contribution >= 4 is 28.2 Å². The first-order chi connectivity index (χ1) is 15.6. The Morgan fingerprint density at radius 2 is 2.12 bits per heavy atom. The fourth-order valence-electron chi connectivity index (χ4n) is 4.23. The predicted octanol–water partition coefficient (Wildman–Crippen LogP) is 4.10. The predicted molar refractivity (Wildman–Crippen MR) is 117 cm³/mol. The number of halogens is 1. The van der Waals surface area contributed by atoms with E-state index in [1.54, 1.807) is 27.4 Å². The molecule has 9 nitrogen and oxygen atoms in total. The highest BCUT2D eigenvalue weighted by Crippen LogP contribution is 2.29. The van der Waals surface area contributed by atoms with Crippen molar-refractivity contribution in [2.75, 3.05) is 6.61 Å². The number of aromatic nitrogens is 5. The molecule has 162 valence electrons. The van der Waals surface area contributed by atoms with Crippen molar-refractivity contribution in [2.24, 2.45) is 0 Å². The van der Waals surface area contributed by atoms with Crippen molar-refractivity contribution in [3.63, 3.8) is 0 Å². The molecule has 10 heteroatoms. The minimum atomic E-state index is -0.242. The van der Waals surface area contributed by atoms with E-state index in [9.17, 15) is 4.79 Å². The molecule has 1 unspecified atom stereocenters. The van der Waals surface area contributed by atoms with Crippen molar-refractivity contribution in [2.45, 2.75) is 32.4 Å². The second kappa shape index (κ2) is 7.32. The normalized spacial score (nSPS) is 16.5. The molecule has 1 aromatic carbocycles. The SMILES string of the molecule is Cc1ccc(-c2nc(-c3ncn4c3c(=O)n(CC3CCCO3)c3c(Cl)cccc34)no2)o1. The molecule has 1 fully saturated rings. The molecule has 4 aromatic heterocycles. The number of hydrogen-bond donors (Lipinski definition) is 0. The van der Waals surface area contributed by atoms with Crippen LogP contribution in [-0.4, -0.2) is 36.8 Å². The first-order valence-electron chi connectivity index (χ1n) is 10.3. The van der Waals surface area contributed by atoms with E-state index in [1.165, 1.54) is 0 Å². The first kappa shape index (κ1) is 19.3. The van der Waals surface area contributed by atoms with Gasteiger partial charge in [0.05, 0.1) is 28.7 Å². The van der Waals surface area contributed by atoms with Crippen molar-refractivity contribution in [1.29, 1.82) is 0 Å². The Morgan fingerprint density at radius 3 is 2.91 bits per heavy atom. The molecule has 6 rings (SSSR count). The molecule has 0 amide bonds. The van der Waals surface area contributed by atoms with Gasteiger partial charge in [0, 0.05) is 6.61 Å². The van der Waals surface area contributed by atoms with Crippen LogP contribution in [0.3, 0.4) is 0 Å². The monoisotopic (exact) mass is 451 g/mol. The lowest BCUT2D eigenvalue weighted by atomic mass is 10.2. The van der Waals surface area contributed by atoms with Gasteiger partial charge in [-0.2, -0.15) is 4.98 Å². The number of benzene rings is 1. The molecule has 1 saturated heterocycles. The Bertz CT molecular complexity index is 1520. The van der Waals surface area contributed by atoms with Crippen molar-refractivity contribution in [3.8, 4) is 23.2 Å². The summed E-state index contributed by atoms with van der Waals surface area (Å²) in [6.45, 7) is 2.93. The van der Waals surface area contributed by atoms with Gasteiger partial charge in [-0.15, -0.1) is 0 Å². The van der Waals surface area contributed by atoms with E-state index in [0.717, 1.165) is 24.1 Å². The third-order valence-electron chi connectivity index (χ3n) is 5.71. The fraction of sp³-hybridized carbons (Fsp3) is 0.273. The third kappa shape index (κ3) is 2.96. The van der Waals surface area contributed by atoms with Crippen LogP contribution in [0.5, 0.6) is 0 Å². The highest BCUT2D eigenvalue weighted by molar-refractivity contribution is 6.35. The number of hydrogen-bond acceptors (Lipinski definition) is 7. The molecule has 32 heavy (non-hydrogen) atoms. The summed E-state index contributed by atoms with van der Waals surface area (Å²) in [6.07, 6.45) is 3.41. The first-order valence-corrected chi connectivity index (χ1v) is 10.7. The molecule has 0 bridgehead atoms. The zero-order chi connectivity index (χ0) is 21.8. The van der Waals surface area contributed by atoms with E-state index >= 15 is 0 Å². The number of imidazole rings is 1. The minimum absolute atomic E-state index is 0.0417. The van der Waals surface area contributed by atoms with Gasteiger partial charge in [0.25, 0.3) is 11.4 Å². The number of nitrogens with zero attached hydrogens (tertiary/aromatic N) is 5. The number of para-hydroxylation sites is 1. The molecule has 0 saturated carbocycles. The van der Waals surface area contributed by atoms with Crippen LogP contribution in [0.2, 0.25) is 5.02 Å². The molecule has 1 aliphatic rings. The molecular formula is C22H18ClN5O4. The maximum atomic E-state index is 13.7. The Labute approximate surface area is 186 Å². The van der Waals surface area contributed by atoms with Crippen LogP contribution in [0.1, 0.15) is 18.6 Å². The average molecular weight is 452 g/mol. The molecule has 0 N–H and O–H groups in total. The standard InChI is InChI=1S/C22H18ClN5O4/c1-12-7-8-16(31-12)21-25-20(26-32-21)17-19-22(29)27(10-13-4-3-9-30-13)18-14(23)5-2-6-15(18)28(19)11-24-17/h2,5-8,11,13H,3-4,9-10H2,1H3. The van der Waals surface area contributed by atoms with E-state index in [0.29, 0.717) is 40.7 Å². The molecule has 5 aromatic rings. The molecule has 0 spiro atoms. The lowest BCUT2D eigenvalue weighted by molar-refractivity contribution is 0.0973. The number of ether oxygens (including phenoxy) is 1. The maximum absolute atomic E-state index is 13.7. The highest BCUT2D eigenvalue weighted by atomic mass is 35.5. The highest BCUT2D eigenvalue weighted by Gasteiger charge is 2.25. The molecule has 5 heterocycles. The number of fused-ring (bicyclic) bond motifs is 3. The molecule has 1 aliphatic heterocycles. The van der Waals surface area contributed by atoms with Crippen molar-refractivity contribution in [1.82, 2.24) is 24.1 Å². The van der Waals surface area contributed by atoms with Crippen LogP contribution in [0.25, 0.3) is 39.7 Å². The van der Waals surface area contributed by atoms with E-state index in [-0.39, 0.29) is 23.4 Å². The van der Waals surface area contributed by atoms with Gasteiger partial charge in [-0.05, 0) is 44.0 Å². The maximum Gasteiger partial charge on any atom is 0.293 e. The van der Waals surface area contributed by atoms with Crippen molar-refractivity contribution in [3.05, 3.63) is 57.8 Å². The van der Waals surface area contributed by atoms with Gasteiger partial charge >= 0.3 is 0 Å². The van der Waals surface area contributed by atoms with Gasteiger partial charge in [0.1, 0.15) is 23.3 Å². The molecule has 0 radical (unpaired) electrons. The van der Waals surface area contributed by atoms with Crippen LogP contribution in [0.15, 0.2) is 50.4 Å². The Morgan fingerprint density at radius 1 is 1.22 bits per heavy atom. The third-order valence-corrected chi connectivity index (χ3v) is 6.01. The number of rotatable bonds is 4. The van der Waals surface area contributed by atoms with E-state index in [4.69, 9.17) is 25.3 Å². The summed E-state index contributed by atoms with van der Waals surface area (Å²) in [7, 11) is 0. The van der Waals surface area contributed by atoms with Crippen LogP contribution in [0.4, 0.5) is 0 Å². The van der Waals surface area contributed by atoms with Gasteiger partial charge in [-0.3, -0.25) is 9.20 Å². The quantitative estimate of drug-likeness (QED) is 0.405.